The Kier molecular flexibility index (Phi) is 3.14. The maximum atomic E-state index is 6.65. The van der Waals surface area contributed by atoms with Crippen molar-refractivity contribution in [3.05, 3.63) is 59.2 Å². The van der Waals surface area contributed by atoms with Crippen LogP contribution in [0.3, 0.4) is 0 Å². The summed E-state index contributed by atoms with van der Waals surface area (Å²) in [5, 5.41) is 0. The zero-order chi connectivity index (χ0) is 14.2. The van der Waals surface area contributed by atoms with Crippen molar-refractivity contribution >= 4 is 0 Å². The second kappa shape index (κ2) is 4.84. The minimum absolute atomic E-state index is 0.358. The van der Waals surface area contributed by atoms with Crippen LogP contribution in [0, 0.1) is 0 Å². The van der Waals surface area contributed by atoms with Gasteiger partial charge in [-0.15, -0.1) is 0 Å². The van der Waals surface area contributed by atoms with Crippen molar-refractivity contribution in [1.29, 1.82) is 0 Å². The van der Waals surface area contributed by atoms with Crippen LogP contribution in [0.1, 0.15) is 16.7 Å². The lowest BCUT2D eigenvalue weighted by atomic mass is 9.88. The third-order valence-corrected chi connectivity index (χ3v) is 4.09. The molecule has 0 atom stereocenters. The van der Waals surface area contributed by atoms with E-state index in [2.05, 4.69) is 24.3 Å². The molecule has 2 aromatic rings. The second-order valence-electron chi connectivity index (χ2n) is 5.35. The van der Waals surface area contributed by atoms with Crippen LogP contribution in [0.15, 0.2) is 42.5 Å². The van der Waals surface area contributed by atoms with Crippen LogP contribution in [0.4, 0.5) is 0 Å². The average Bonchev–Trinajstić information content (AvgIpc) is 2.83. The van der Waals surface area contributed by atoms with E-state index in [4.69, 9.17) is 15.2 Å². The number of hydrogen-bond acceptors (Lipinski definition) is 3. The van der Waals surface area contributed by atoms with Gasteiger partial charge in [0, 0.05) is 5.54 Å². The summed E-state index contributed by atoms with van der Waals surface area (Å²) in [7, 11) is 3.29. The second-order valence-corrected chi connectivity index (χ2v) is 5.35. The number of fused-ring (bicyclic) bond motifs is 1. The van der Waals surface area contributed by atoms with Gasteiger partial charge in [-0.1, -0.05) is 30.3 Å². The summed E-state index contributed by atoms with van der Waals surface area (Å²) < 4.78 is 10.7. The molecule has 0 fully saturated rings. The molecule has 0 aliphatic heterocycles. The van der Waals surface area contributed by atoms with Gasteiger partial charge in [-0.2, -0.15) is 0 Å². The Hall–Kier alpha value is -2.00. The van der Waals surface area contributed by atoms with Gasteiger partial charge in [0.25, 0.3) is 0 Å². The third-order valence-electron chi connectivity index (χ3n) is 4.09. The largest absolute Gasteiger partial charge is 0.493 e. The van der Waals surface area contributed by atoms with Crippen LogP contribution in [-0.4, -0.2) is 14.2 Å². The zero-order valence-corrected chi connectivity index (χ0v) is 11.8. The van der Waals surface area contributed by atoms with Crippen LogP contribution in [0.25, 0.3) is 0 Å². The molecule has 0 heterocycles. The standard InChI is InChI=1S/C17H19NO2/c1-19-15-8-7-14(9-16(15)20-2)17(18)10-12-5-3-4-6-13(12)11-17/h3-9H,10-11,18H2,1-2H3. The Morgan fingerprint density at radius 3 is 2.05 bits per heavy atom. The Morgan fingerprint density at radius 1 is 0.900 bits per heavy atom. The minimum Gasteiger partial charge on any atom is -0.493 e. The first-order valence-electron chi connectivity index (χ1n) is 6.74. The molecule has 2 aromatic carbocycles. The quantitative estimate of drug-likeness (QED) is 0.931. The Bertz CT molecular complexity index is 612. The van der Waals surface area contributed by atoms with E-state index in [0.29, 0.717) is 0 Å². The lowest BCUT2D eigenvalue weighted by molar-refractivity contribution is 0.352. The van der Waals surface area contributed by atoms with Crippen LogP contribution >= 0.6 is 0 Å². The zero-order valence-electron chi connectivity index (χ0n) is 11.8. The highest BCUT2D eigenvalue weighted by atomic mass is 16.5. The van der Waals surface area contributed by atoms with Crippen LogP contribution in [-0.2, 0) is 18.4 Å². The first kappa shape index (κ1) is 13.0. The number of hydrogen-bond donors (Lipinski definition) is 1. The van der Waals surface area contributed by atoms with Gasteiger partial charge in [-0.25, -0.2) is 0 Å². The molecule has 0 aromatic heterocycles. The highest BCUT2D eigenvalue weighted by molar-refractivity contribution is 5.48. The van der Waals surface area contributed by atoms with Crippen molar-refractivity contribution < 1.29 is 9.47 Å². The van der Waals surface area contributed by atoms with Gasteiger partial charge in [-0.05, 0) is 41.7 Å². The van der Waals surface area contributed by atoms with Crippen LogP contribution in [0.5, 0.6) is 11.5 Å². The number of ether oxygens (including phenoxy) is 2. The van der Waals surface area contributed by atoms with Crippen LogP contribution in [0.2, 0.25) is 0 Å². The highest BCUT2D eigenvalue weighted by Crippen LogP contribution is 2.38. The molecule has 0 saturated heterocycles. The summed E-state index contributed by atoms with van der Waals surface area (Å²) in [6.07, 6.45) is 1.72. The van der Waals surface area contributed by atoms with Gasteiger partial charge >= 0.3 is 0 Å². The smallest absolute Gasteiger partial charge is 0.161 e. The summed E-state index contributed by atoms with van der Waals surface area (Å²) in [5.74, 6) is 1.46. The first-order chi connectivity index (χ1) is 9.66. The summed E-state index contributed by atoms with van der Waals surface area (Å²) in [5.41, 5.74) is 10.1. The fourth-order valence-corrected chi connectivity index (χ4v) is 2.99. The van der Waals surface area contributed by atoms with E-state index in [-0.39, 0.29) is 5.54 Å². The summed E-state index contributed by atoms with van der Waals surface area (Å²) >= 11 is 0. The molecule has 104 valence electrons. The summed E-state index contributed by atoms with van der Waals surface area (Å²) in [4.78, 5) is 0. The number of benzene rings is 2. The number of methoxy groups -OCH3 is 2. The van der Waals surface area contributed by atoms with Crippen molar-refractivity contribution in [2.24, 2.45) is 5.73 Å². The van der Waals surface area contributed by atoms with Gasteiger partial charge in [-0.3, -0.25) is 0 Å². The Morgan fingerprint density at radius 2 is 1.50 bits per heavy atom. The normalized spacial score (nSPS) is 15.8. The molecule has 0 amide bonds. The maximum Gasteiger partial charge on any atom is 0.161 e. The van der Waals surface area contributed by atoms with E-state index in [1.807, 2.05) is 18.2 Å². The molecule has 3 rings (SSSR count). The van der Waals surface area contributed by atoms with E-state index in [1.54, 1.807) is 14.2 Å². The topological polar surface area (TPSA) is 44.5 Å². The van der Waals surface area contributed by atoms with Crippen molar-refractivity contribution in [2.75, 3.05) is 14.2 Å². The van der Waals surface area contributed by atoms with Crippen molar-refractivity contribution in [3.63, 3.8) is 0 Å². The predicted molar refractivity (Wildman–Crippen MR) is 79.3 cm³/mol. The van der Waals surface area contributed by atoms with Gasteiger partial charge in [0.15, 0.2) is 11.5 Å². The molecule has 1 aliphatic rings. The van der Waals surface area contributed by atoms with Gasteiger partial charge in [0.1, 0.15) is 0 Å². The van der Waals surface area contributed by atoms with Crippen molar-refractivity contribution in [3.8, 4) is 11.5 Å². The molecule has 0 radical (unpaired) electrons. The monoisotopic (exact) mass is 269 g/mol. The number of rotatable bonds is 3. The van der Waals surface area contributed by atoms with E-state index in [0.717, 1.165) is 29.9 Å². The van der Waals surface area contributed by atoms with E-state index >= 15 is 0 Å². The molecule has 3 nitrogen and oxygen atoms in total. The van der Waals surface area contributed by atoms with Crippen LogP contribution < -0.4 is 15.2 Å². The highest BCUT2D eigenvalue weighted by Gasteiger charge is 2.35. The van der Waals surface area contributed by atoms with Gasteiger partial charge < -0.3 is 15.2 Å². The molecule has 3 heteroatoms. The maximum absolute atomic E-state index is 6.65. The van der Waals surface area contributed by atoms with Gasteiger partial charge in [0.2, 0.25) is 0 Å². The van der Waals surface area contributed by atoms with Crippen molar-refractivity contribution in [1.82, 2.24) is 0 Å². The van der Waals surface area contributed by atoms with E-state index in [1.165, 1.54) is 11.1 Å². The molecule has 0 saturated carbocycles. The fraction of sp³-hybridized carbons (Fsp3) is 0.294. The van der Waals surface area contributed by atoms with E-state index < -0.39 is 0 Å². The SMILES string of the molecule is COc1ccc(C2(N)Cc3ccccc3C2)cc1OC. The van der Waals surface area contributed by atoms with Crippen molar-refractivity contribution in [2.45, 2.75) is 18.4 Å². The Balaban J connectivity index is 1.98. The molecule has 2 N–H and O–H groups in total. The summed E-state index contributed by atoms with van der Waals surface area (Å²) in [6, 6.07) is 14.4. The predicted octanol–water partition coefficient (Wildman–Crippen LogP) is 2.66. The molecular formula is C17H19NO2. The molecule has 1 aliphatic carbocycles. The molecule has 0 spiro atoms. The summed E-state index contributed by atoms with van der Waals surface area (Å²) in [6.45, 7) is 0. The first-order valence-corrected chi connectivity index (χ1v) is 6.74. The molecule has 20 heavy (non-hydrogen) atoms. The molecular weight excluding hydrogens is 250 g/mol. The molecule has 0 unspecified atom stereocenters. The fourth-order valence-electron chi connectivity index (χ4n) is 2.99. The lowest BCUT2D eigenvalue weighted by Gasteiger charge is -2.25. The molecule has 0 bridgehead atoms. The number of nitrogens with two attached hydrogens (primary N) is 1. The average molecular weight is 269 g/mol. The minimum atomic E-state index is -0.358. The third kappa shape index (κ3) is 2.04. The lowest BCUT2D eigenvalue weighted by Crippen LogP contribution is -2.37. The van der Waals surface area contributed by atoms with E-state index in [9.17, 15) is 0 Å². The Labute approximate surface area is 119 Å². The van der Waals surface area contributed by atoms with Gasteiger partial charge in [0.05, 0.1) is 14.2 Å².